The van der Waals surface area contributed by atoms with Gasteiger partial charge >= 0.3 is 0 Å². The lowest BCUT2D eigenvalue weighted by Gasteiger charge is -2.21. The normalized spacial score (nSPS) is 13.2. The lowest BCUT2D eigenvalue weighted by molar-refractivity contribution is -0.0613. The van der Waals surface area contributed by atoms with Gasteiger partial charge in [-0.05, 0) is 70.0 Å². The van der Waals surface area contributed by atoms with Crippen LogP contribution < -0.4 is 9.47 Å². The summed E-state index contributed by atoms with van der Waals surface area (Å²) in [5, 5.41) is 0. The molecule has 3 heteroatoms. The first-order valence-electron chi connectivity index (χ1n) is 9.38. The highest BCUT2D eigenvalue weighted by molar-refractivity contribution is 5.58. The largest absolute Gasteiger partial charge is 0.488 e. The molecule has 1 unspecified atom stereocenters. The molecule has 144 valence electrons. The monoisotopic (exact) mass is 366 g/mol. The highest BCUT2D eigenvalue weighted by Gasteiger charge is 2.10. The molecule has 1 atom stereocenters. The first-order chi connectivity index (χ1) is 12.9. The zero-order valence-electron chi connectivity index (χ0n) is 16.9. The molecule has 2 aromatic rings. The summed E-state index contributed by atoms with van der Waals surface area (Å²) >= 11 is 0. The van der Waals surface area contributed by atoms with Crippen molar-refractivity contribution >= 4 is 12.2 Å². The summed E-state index contributed by atoms with van der Waals surface area (Å²) in [5.41, 5.74) is 2.07. The van der Waals surface area contributed by atoms with Gasteiger partial charge in [0.05, 0.1) is 0 Å². The molecule has 0 amide bonds. The van der Waals surface area contributed by atoms with Crippen molar-refractivity contribution in [1.29, 1.82) is 0 Å². The fourth-order valence-corrected chi connectivity index (χ4v) is 2.45. The molecule has 0 N–H and O–H groups in total. The minimum atomic E-state index is -0.237. The van der Waals surface area contributed by atoms with Crippen molar-refractivity contribution in [2.45, 2.75) is 46.5 Å². The van der Waals surface area contributed by atoms with Crippen molar-refractivity contribution in [1.82, 2.24) is 0 Å². The zero-order chi connectivity index (χ0) is 19.7. The molecule has 27 heavy (non-hydrogen) atoms. The van der Waals surface area contributed by atoms with Gasteiger partial charge in [-0.25, -0.2) is 0 Å². The van der Waals surface area contributed by atoms with E-state index in [0.29, 0.717) is 6.61 Å². The van der Waals surface area contributed by atoms with Gasteiger partial charge in [-0.2, -0.15) is 0 Å². The van der Waals surface area contributed by atoms with Gasteiger partial charge in [0.2, 0.25) is 0 Å². The van der Waals surface area contributed by atoms with Crippen LogP contribution in [0.15, 0.2) is 60.7 Å². The summed E-state index contributed by atoms with van der Waals surface area (Å²) in [6.45, 7) is 10.6. The van der Waals surface area contributed by atoms with E-state index in [1.54, 1.807) is 0 Å². The lowest BCUT2D eigenvalue weighted by Crippen LogP contribution is -2.22. The second kappa shape index (κ2) is 9.98. The van der Waals surface area contributed by atoms with Gasteiger partial charge < -0.3 is 14.2 Å². The molecule has 0 bridgehead atoms. The van der Waals surface area contributed by atoms with E-state index in [4.69, 9.17) is 14.2 Å². The molecule has 0 aliphatic carbocycles. The Morgan fingerprint density at radius 1 is 0.815 bits per heavy atom. The molecular weight excluding hydrogens is 336 g/mol. The molecule has 0 heterocycles. The van der Waals surface area contributed by atoms with Gasteiger partial charge in [-0.1, -0.05) is 48.6 Å². The third kappa shape index (κ3) is 8.14. The van der Waals surface area contributed by atoms with Gasteiger partial charge in [0.25, 0.3) is 0 Å². The lowest BCUT2D eigenvalue weighted by atomic mass is 10.1. The number of benzene rings is 2. The average Bonchev–Trinajstić information content (AvgIpc) is 2.60. The van der Waals surface area contributed by atoms with Crippen molar-refractivity contribution in [3.63, 3.8) is 0 Å². The van der Waals surface area contributed by atoms with E-state index in [1.807, 2.05) is 83.2 Å². The fraction of sp³-hybridized carbons (Fsp3) is 0.333. The third-order valence-electron chi connectivity index (χ3n) is 3.58. The predicted octanol–water partition coefficient (Wildman–Crippen LogP) is 6.35. The van der Waals surface area contributed by atoms with E-state index in [-0.39, 0.29) is 11.9 Å². The van der Waals surface area contributed by atoms with Crippen molar-refractivity contribution < 1.29 is 14.2 Å². The highest BCUT2D eigenvalue weighted by atomic mass is 16.7. The number of hydrogen-bond donors (Lipinski definition) is 0. The summed E-state index contributed by atoms with van der Waals surface area (Å²) in [6, 6.07) is 16.1. The van der Waals surface area contributed by atoms with E-state index in [1.165, 1.54) is 0 Å². The summed E-state index contributed by atoms with van der Waals surface area (Å²) in [5.74, 6) is 1.69. The standard InChI is InChI=1S/C24H30O3/c1-6-25-19(2)26-22-15-11-20(12-16-22)9-7-8-10-21-13-17-23(18-14-21)27-24(3,4)5/h7-19H,6H2,1-5H3. The van der Waals surface area contributed by atoms with E-state index in [9.17, 15) is 0 Å². The zero-order valence-corrected chi connectivity index (χ0v) is 16.9. The molecule has 0 saturated heterocycles. The van der Waals surface area contributed by atoms with Crippen LogP contribution >= 0.6 is 0 Å². The Morgan fingerprint density at radius 3 is 1.74 bits per heavy atom. The maximum Gasteiger partial charge on any atom is 0.196 e. The molecule has 2 aromatic carbocycles. The van der Waals surface area contributed by atoms with E-state index in [2.05, 4.69) is 24.3 Å². The Labute approximate surface area is 163 Å². The Kier molecular flexibility index (Phi) is 7.68. The van der Waals surface area contributed by atoms with Crippen LogP contribution in [0.2, 0.25) is 0 Å². The van der Waals surface area contributed by atoms with Crippen LogP contribution in [-0.4, -0.2) is 18.5 Å². The maximum atomic E-state index is 5.83. The second-order valence-electron chi connectivity index (χ2n) is 7.21. The van der Waals surface area contributed by atoms with Crippen molar-refractivity contribution in [2.24, 2.45) is 0 Å². The van der Waals surface area contributed by atoms with Crippen molar-refractivity contribution in [3.8, 4) is 11.5 Å². The molecule has 0 spiro atoms. The van der Waals surface area contributed by atoms with E-state index < -0.39 is 0 Å². The number of hydrogen-bond acceptors (Lipinski definition) is 3. The number of allylic oxidation sites excluding steroid dienone is 2. The summed E-state index contributed by atoms with van der Waals surface area (Å²) < 4.78 is 16.9. The van der Waals surface area contributed by atoms with Gasteiger partial charge in [0, 0.05) is 6.61 Å². The van der Waals surface area contributed by atoms with Crippen LogP contribution in [0.4, 0.5) is 0 Å². The first-order valence-corrected chi connectivity index (χ1v) is 9.38. The van der Waals surface area contributed by atoms with Crippen LogP contribution in [0.25, 0.3) is 12.2 Å². The Bertz CT molecular complexity index is 735. The number of ether oxygens (including phenoxy) is 3. The quantitative estimate of drug-likeness (QED) is 0.402. The maximum absolute atomic E-state index is 5.83. The molecule has 0 aliphatic rings. The smallest absolute Gasteiger partial charge is 0.196 e. The van der Waals surface area contributed by atoms with E-state index >= 15 is 0 Å². The molecule has 2 rings (SSSR count). The summed E-state index contributed by atoms with van der Waals surface area (Å²) in [6.07, 6.45) is 7.95. The molecule has 3 nitrogen and oxygen atoms in total. The number of rotatable bonds is 8. The minimum Gasteiger partial charge on any atom is -0.488 e. The van der Waals surface area contributed by atoms with Gasteiger partial charge in [-0.3, -0.25) is 0 Å². The van der Waals surface area contributed by atoms with E-state index in [0.717, 1.165) is 22.6 Å². The Hall–Kier alpha value is -2.52. The molecule has 0 aromatic heterocycles. The molecule has 0 fully saturated rings. The molecule has 0 aliphatic heterocycles. The fourth-order valence-electron chi connectivity index (χ4n) is 2.45. The second-order valence-corrected chi connectivity index (χ2v) is 7.21. The average molecular weight is 367 g/mol. The molecule has 0 radical (unpaired) electrons. The van der Waals surface area contributed by atoms with Gasteiger partial charge in [0.1, 0.15) is 17.1 Å². The molecular formula is C24H30O3. The summed E-state index contributed by atoms with van der Waals surface area (Å²) in [7, 11) is 0. The minimum absolute atomic E-state index is 0.179. The van der Waals surface area contributed by atoms with Gasteiger partial charge in [-0.15, -0.1) is 0 Å². The summed E-state index contributed by atoms with van der Waals surface area (Å²) in [4.78, 5) is 0. The topological polar surface area (TPSA) is 27.7 Å². The van der Waals surface area contributed by atoms with Crippen LogP contribution in [0.5, 0.6) is 11.5 Å². The third-order valence-corrected chi connectivity index (χ3v) is 3.58. The Morgan fingerprint density at radius 2 is 1.30 bits per heavy atom. The van der Waals surface area contributed by atoms with Crippen LogP contribution in [0.1, 0.15) is 45.7 Å². The highest BCUT2D eigenvalue weighted by Crippen LogP contribution is 2.19. The molecule has 0 saturated carbocycles. The SMILES string of the molecule is CCOC(C)Oc1ccc(C=CC=Cc2ccc(OC(C)(C)C)cc2)cc1. The van der Waals surface area contributed by atoms with Crippen LogP contribution in [0.3, 0.4) is 0 Å². The predicted molar refractivity (Wildman–Crippen MR) is 113 cm³/mol. The van der Waals surface area contributed by atoms with Crippen molar-refractivity contribution in [2.75, 3.05) is 6.61 Å². The van der Waals surface area contributed by atoms with Crippen molar-refractivity contribution in [3.05, 3.63) is 71.8 Å². The first kappa shape index (κ1) is 20.8. The van der Waals surface area contributed by atoms with Gasteiger partial charge in [0.15, 0.2) is 6.29 Å². The van der Waals surface area contributed by atoms with Crippen LogP contribution in [0, 0.1) is 0 Å². The van der Waals surface area contributed by atoms with Crippen LogP contribution in [-0.2, 0) is 4.74 Å². The Balaban J connectivity index is 1.87.